The molecule has 20 heavy (non-hydrogen) atoms. The molecule has 0 saturated carbocycles. The van der Waals surface area contributed by atoms with Crippen LogP contribution in [0.2, 0.25) is 0 Å². The predicted octanol–water partition coefficient (Wildman–Crippen LogP) is 4.33. The van der Waals surface area contributed by atoms with E-state index in [1.807, 2.05) is 0 Å². The number of pyridine rings is 1. The van der Waals surface area contributed by atoms with Gasteiger partial charge in [-0.05, 0) is 61.1 Å². The summed E-state index contributed by atoms with van der Waals surface area (Å²) in [5.74, 6) is 0. The second-order valence-electron chi connectivity index (χ2n) is 5.03. The van der Waals surface area contributed by atoms with Crippen molar-refractivity contribution < 1.29 is 0 Å². The molecule has 0 amide bonds. The van der Waals surface area contributed by atoms with E-state index >= 15 is 0 Å². The Morgan fingerprint density at radius 2 is 1.90 bits per heavy atom. The first-order chi connectivity index (χ1) is 9.76. The van der Waals surface area contributed by atoms with Gasteiger partial charge in [-0.2, -0.15) is 0 Å². The van der Waals surface area contributed by atoms with Crippen LogP contribution in [0, 0.1) is 0 Å². The number of rotatable bonds is 3. The van der Waals surface area contributed by atoms with E-state index in [1.54, 1.807) is 11.8 Å². The standard InChI is InChI=1S/C16H17BrN2S/c17-13-5-7-14(8-6-13)20-16-12(10-18)9-11-3-1-2-4-15(11)19-16/h5-9H,1-4,10,18H2. The van der Waals surface area contributed by atoms with Crippen molar-refractivity contribution in [1.82, 2.24) is 4.98 Å². The van der Waals surface area contributed by atoms with Crippen LogP contribution < -0.4 is 5.73 Å². The third-order valence-corrected chi connectivity index (χ3v) is 5.17. The topological polar surface area (TPSA) is 38.9 Å². The van der Waals surface area contributed by atoms with Crippen molar-refractivity contribution in [2.24, 2.45) is 5.73 Å². The molecule has 1 aliphatic rings. The molecule has 0 spiro atoms. The maximum Gasteiger partial charge on any atom is 0.106 e. The lowest BCUT2D eigenvalue weighted by molar-refractivity contribution is 0.656. The summed E-state index contributed by atoms with van der Waals surface area (Å²) in [4.78, 5) is 6.07. The van der Waals surface area contributed by atoms with E-state index < -0.39 is 0 Å². The van der Waals surface area contributed by atoms with Crippen LogP contribution >= 0.6 is 27.7 Å². The minimum Gasteiger partial charge on any atom is -0.326 e. The van der Waals surface area contributed by atoms with E-state index in [2.05, 4.69) is 46.3 Å². The Labute approximate surface area is 132 Å². The van der Waals surface area contributed by atoms with E-state index in [9.17, 15) is 0 Å². The molecule has 1 heterocycles. The monoisotopic (exact) mass is 348 g/mol. The van der Waals surface area contributed by atoms with Gasteiger partial charge in [0.25, 0.3) is 0 Å². The number of aryl methyl sites for hydroxylation is 2. The van der Waals surface area contributed by atoms with Gasteiger partial charge in [0.2, 0.25) is 0 Å². The largest absolute Gasteiger partial charge is 0.326 e. The van der Waals surface area contributed by atoms with E-state index in [4.69, 9.17) is 10.7 Å². The third kappa shape index (κ3) is 3.08. The van der Waals surface area contributed by atoms with Gasteiger partial charge in [0.15, 0.2) is 0 Å². The molecule has 0 saturated heterocycles. The Balaban J connectivity index is 1.93. The average Bonchev–Trinajstić information content (AvgIpc) is 2.49. The summed E-state index contributed by atoms with van der Waals surface area (Å²) in [5.41, 5.74) is 9.74. The summed E-state index contributed by atoms with van der Waals surface area (Å²) < 4.78 is 1.10. The van der Waals surface area contributed by atoms with Crippen LogP contribution in [-0.2, 0) is 19.4 Å². The zero-order chi connectivity index (χ0) is 13.9. The number of hydrogen-bond donors (Lipinski definition) is 1. The maximum atomic E-state index is 5.90. The van der Waals surface area contributed by atoms with Crippen LogP contribution in [0.15, 0.2) is 44.7 Å². The Morgan fingerprint density at radius 1 is 1.15 bits per heavy atom. The van der Waals surface area contributed by atoms with Gasteiger partial charge in [-0.1, -0.05) is 33.8 Å². The Bertz CT molecular complexity index is 611. The molecule has 0 fully saturated rings. The molecule has 3 rings (SSSR count). The van der Waals surface area contributed by atoms with Crippen molar-refractivity contribution in [2.75, 3.05) is 0 Å². The molecule has 1 aliphatic carbocycles. The zero-order valence-electron chi connectivity index (χ0n) is 11.2. The molecule has 104 valence electrons. The first-order valence-corrected chi connectivity index (χ1v) is 8.52. The number of nitrogens with zero attached hydrogens (tertiary/aromatic N) is 1. The first-order valence-electron chi connectivity index (χ1n) is 6.91. The fraction of sp³-hybridized carbons (Fsp3) is 0.312. The second-order valence-corrected chi connectivity index (χ2v) is 7.00. The molecule has 0 atom stereocenters. The Morgan fingerprint density at radius 3 is 2.65 bits per heavy atom. The van der Waals surface area contributed by atoms with E-state index in [0.29, 0.717) is 6.54 Å². The van der Waals surface area contributed by atoms with Gasteiger partial charge < -0.3 is 5.73 Å². The van der Waals surface area contributed by atoms with Crippen molar-refractivity contribution in [3.63, 3.8) is 0 Å². The first kappa shape index (κ1) is 14.1. The third-order valence-electron chi connectivity index (χ3n) is 3.59. The van der Waals surface area contributed by atoms with E-state index in [0.717, 1.165) is 22.3 Å². The Kier molecular flexibility index (Phi) is 4.44. The average molecular weight is 349 g/mol. The lowest BCUT2D eigenvalue weighted by atomic mass is 9.95. The summed E-state index contributed by atoms with van der Waals surface area (Å²) in [5, 5.41) is 1.07. The van der Waals surface area contributed by atoms with Gasteiger partial charge in [0.1, 0.15) is 5.03 Å². The highest BCUT2D eigenvalue weighted by Crippen LogP contribution is 2.32. The molecule has 2 N–H and O–H groups in total. The van der Waals surface area contributed by atoms with Crippen LogP contribution in [0.3, 0.4) is 0 Å². The van der Waals surface area contributed by atoms with Crippen LogP contribution in [0.4, 0.5) is 0 Å². The molecular formula is C16H17BrN2S. The molecule has 0 unspecified atom stereocenters. The van der Waals surface area contributed by atoms with Crippen molar-refractivity contribution in [2.45, 2.75) is 42.1 Å². The molecule has 0 bridgehead atoms. The lowest BCUT2D eigenvalue weighted by Gasteiger charge is -2.18. The lowest BCUT2D eigenvalue weighted by Crippen LogP contribution is -2.10. The smallest absolute Gasteiger partial charge is 0.106 e. The fourth-order valence-electron chi connectivity index (χ4n) is 2.51. The van der Waals surface area contributed by atoms with E-state index in [-0.39, 0.29) is 0 Å². The quantitative estimate of drug-likeness (QED) is 0.896. The highest BCUT2D eigenvalue weighted by molar-refractivity contribution is 9.10. The highest BCUT2D eigenvalue weighted by atomic mass is 79.9. The maximum absolute atomic E-state index is 5.90. The highest BCUT2D eigenvalue weighted by Gasteiger charge is 2.15. The van der Waals surface area contributed by atoms with Crippen LogP contribution in [-0.4, -0.2) is 4.98 Å². The summed E-state index contributed by atoms with van der Waals surface area (Å²) >= 11 is 5.17. The van der Waals surface area contributed by atoms with Crippen LogP contribution in [0.5, 0.6) is 0 Å². The number of benzene rings is 1. The van der Waals surface area contributed by atoms with Crippen molar-refractivity contribution in [1.29, 1.82) is 0 Å². The van der Waals surface area contributed by atoms with Crippen LogP contribution in [0.25, 0.3) is 0 Å². The molecule has 1 aromatic heterocycles. The molecule has 2 nitrogen and oxygen atoms in total. The molecule has 2 aromatic rings. The van der Waals surface area contributed by atoms with Crippen molar-refractivity contribution in [3.05, 3.63) is 51.6 Å². The van der Waals surface area contributed by atoms with Gasteiger partial charge >= 0.3 is 0 Å². The minimum absolute atomic E-state index is 0.555. The van der Waals surface area contributed by atoms with Gasteiger partial charge in [-0.25, -0.2) is 4.98 Å². The normalized spacial score (nSPS) is 14.1. The summed E-state index contributed by atoms with van der Waals surface area (Å²) in [6.45, 7) is 0.555. The number of aromatic nitrogens is 1. The van der Waals surface area contributed by atoms with Gasteiger partial charge in [-0.15, -0.1) is 0 Å². The molecule has 0 aliphatic heterocycles. The fourth-order valence-corrected chi connectivity index (χ4v) is 3.70. The van der Waals surface area contributed by atoms with Gasteiger partial charge in [0.05, 0.1) is 0 Å². The van der Waals surface area contributed by atoms with Gasteiger partial charge in [-0.3, -0.25) is 0 Å². The second kappa shape index (κ2) is 6.29. The summed E-state index contributed by atoms with van der Waals surface area (Å²) in [6.07, 6.45) is 4.79. The van der Waals surface area contributed by atoms with Crippen molar-refractivity contribution in [3.8, 4) is 0 Å². The summed E-state index contributed by atoms with van der Waals surface area (Å²) in [7, 11) is 0. The SMILES string of the molecule is NCc1cc2c(nc1Sc1ccc(Br)cc1)CCCC2. The molecule has 0 radical (unpaired) electrons. The number of fused-ring (bicyclic) bond motifs is 1. The number of halogens is 1. The minimum atomic E-state index is 0.555. The van der Waals surface area contributed by atoms with Crippen LogP contribution in [0.1, 0.15) is 29.7 Å². The van der Waals surface area contributed by atoms with E-state index in [1.165, 1.54) is 34.6 Å². The molecular weight excluding hydrogens is 332 g/mol. The molecule has 1 aromatic carbocycles. The molecule has 4 heteroatoms. The Hall–Kier alpha value is -0.840. The predicted molar refractivity (Wildman–Crippen MR) is 87.0 cm³/mol. The number of nitrogens with two attached hydrogens (primary N) is 1. The number of hydrogen-bond acceptors (Lipinski definition) is 3. The van der Waals surface area contributed by atoms with Crippen molar-refractivity contribution >= 4 is 27.7 Å². The summed E-state index contributed by atoms with van der Waals surface area (Å²) in [6, 6.07) is 10.6. The zero-order valence-corrected chi connectivity index (χ0v) is 13.6. The van der Waals surface area contributed by atoms with Gasteiger partial charge in [0, 0.05) is 21.6 Å².